The van der Waals surface area contributed by atoms with Crippen LogP contribution in [0, 0.1) is 0 Å². The lowest BCUT2D eigenvalue weighted by Gasteiger charge is -2.36. The molecule has 1 aliphatic rings. The largest absolute Gasteiger partial charge is 0.372 e. The van der Waals surface area contributed by atoms with Crippen LogP contribution in [0.1, 0.15) is 24.2 Å². The second-order valence-corrected chi connectivity index (χ2v) is 7.19. The Morgan fingerprint density at radius 1 is 1.15 bits per heavy atom. The van der Waals surface area contributed by atoms with Crippen LogP contribution in [-0.2, 0) is 11.8 Å². The topological polar surface area (TPSA) is 59.4 Å². The van der Waals surface area contributed by atoms with Crippen molar-refractivity contribution in [3.63, 3.8) is 0 Å². The van der Waals surface area contributed by atoms with Gasteiger partial charge < -0.3 is 19.5 Å². The summed E-state index contributed by atoms with van der Waals surface area (Å²) in [6, 6.07) is 11.7. The zero-order chi connectivity index (χ0) is 19.0. The fourth-order valence-electron chi connectivity index (χ4n) is 3.73. The van der Waals surface area contributed by atoms with Crippen LogP contribution >= 0.6 is 0 Å². The van der Waals surface area contributed by atoms with Gasteiger partial charge in [-0.1, -0.05) is 18.2 Å². The predicted molar refractivity (Wildman–Crippen MR) is 107 cm³/mol. The van der Waals surface area contributed by atoms with Crippen LogP contribution in [0.15, 0.2) is 48.8 Å². The number of benzene rings is 1. The molecule has 6 heteroatoms. The number of rotatable bonds is 3. The number of anilines is 2. The molecule has 0 aliphatic carbocycles. The van der Waals surface area contributed by atoms with Crippen molar-refractivity contribution < 1.29 is 9.53 Å². The number of carbonyl (C=O) groups is 1. The molecule has 3 aromatic rings. The average Bonchev–Trinajstić information content (AvgIpc) is 2.99. The smallest absolute Gasteiger partial charge is 0.257 e. The van der Waals surface area contributed by atoms with Crippen molar-refractivity contribution in [2.45, 2.75) is 26.1 Å². The van der Waals surface area contributed by atoms with E-state index in [4.69, 9.17) is 4.74 Å². The molecule has 1 saturated heterocycles. The zero-order valence-electron chi connectivity index (χ0n) is 15.8. The molecule has 27 heavy (non-hydrogen) atoms. The summed E-state index contributed by atoms with van der Waals surface area (Å²) in [5.74, 6) is 0.773. The van der Waals surface area contributed by atoms with Crippen LogP contribution in [0.5, 0.6) is 0 Å². The van der Waals surface area contributed by atoms with Gasteiger partial charge in [0.15, 0.2) is 0 Å². The maximum absolute atomic E-state index is 12.7. The van der Waals surface area contributed by atoms with Gasteiger partial charge in [-0.25, -0.2) is 4.98 Å². The van der Waals surface area contributed by atoms with Gasteiger partial charge in [0, 0.05) is 37.2 Å². The summed E-state index contributed by atoms with van der Waals surface area (Å²) in [6.45, 7) is 5.78. The number of nitrogens with zero attached hydrogens (tertiary/aromatic N) is 3. The Morgan fingerprint density at radius 2 is 1.89 bits per heavy atom. The van der Waals surface area contributed by atoms with Crippen LogP contribution < -0.4 is 10.2 Å². The van der Waals surface area contributed by atoms with E-state index in [0.29, 0.717) is 11.3 Å². The van der Waals surface area contributed by atoms with Crippen LogP contribution in [-0.4, -0.2) is 40.8 Å². The molecule has 2 aromatic heterocycles. The lowest BCUT2D eigenvalue weighted by Crippen LogP contribution is -2.45. The van der Waals surface area contributed by atoms with Crippen molar-refractivity contribution in [3.8, 4) is 0 Å². The van der Waals surface area contributed by atoms with Gasteiger partial charge in [0.2, 0.25) is 0 Å². The van der Waals surface area contributed by atoms with Gasteiger partial charge in [0.05, 0.1) is 29.7 Å². The average molecular weight is 364 g/mol. The van der Waals surface area contributed by atoms with Gasteiger partial charge >= 0.3 is 0 Å². The maximum Gasteiger partial charge on any atom is 0.257 e. The molecule has 1 fully saturated rings. The van der Waals surface area contributed by atoms with Gasteiger partial charge in [0.1, 0.15) is 5.82 Å². The predicted octanol–water partition coefficient (Wildman–Crippen LogP) is 3.44. The van der Waals surface area contributed by atoms with Crippen LogP contribution in [0.3, 0.4) is 0 Å². The number of hydrogen-bond donors (Lipinski definition) is 1. The number of para-hydroxylation sites is 1. The Kier molecular flexibility index (Phi) is 4.58. The van der Waals surface area contributed by atoms with Crippen molar-refractivity contribution in [1.29, 1.82) is 0 Å². The summed E-state index contributed by atoms with van der Waals surface area (Å²) < 4.78 is 7.74. The summed E-state index contributed by atoms with van der Waals surface area (Å²) >= 11 is 0. The second-order valence-electron chi connectivity index (χ2n) is 7.19. The molecular formula is C21H24N4O2. The highest BCUT2D eigenvalue weighted by molar-refractivity contribution is 6.12. The van der Waals surface area contributed by atoms with E-state index in [1.165, 1.54) is 0 Å². The molecular weight excluding hydrogens is 340 g/mol. The summed E-state index contributed by atoms with van der Waals surface area (Å²) in [7, 11) is 1.94. The first-order valence-corrected chi connectivity index (χ1v) is 9.23. The number of ether oxygens (including phenoxy) is 1. The van der Waals surface area contributed by atoms with Gasteiger partial charge in [-0.3, -0.25) is 4.79 Å². The van der Waals surface area contributed by atoms with Gasteiger partial charge in [-0.2, -0.15) is 0 Å². The van der Waals surface area contributed by atoms with Gasteiger partial charge in [-0.15, -0.1) is 0 Å². The number of aromatic nitrogens is 2. The molecule has 3 heterocycles. The minimum atomic E-state index is -0.130. The Balaban J connectivity index is 1.50. The minimum Gasteiger partial charge on any atom is -0.372 e. The summed E-state index contributed by atoms with van der Waals surface area (Å²) in [5.41, 5.74) is 2.38. The standard InChI is InChI=1S/C21H24N4O2/c1-14-11-25(12-15(2)27-14)20-9-8-16(10-22-20)23-21(26)18-13-24(3)19-7-5-4-6-17(18)19/h4-10,13-15H,11-12H2,1-3H3,(H,23,26)/t14-,15-/m0/s1. The molecule has 140 valence electrons. The van der Waals surface area contributed by atoms with Crippen molar-refractivity contribution in [3.05, 3.63) is 54.4 Å². The minimum absolute atomic E-state index is 0.130. The van der Waals surface area contributed by atoms with E-state index in [-0.39, 0.29) is 18.1 Å². The number of nitrogens with one attached hydrogen (secondary N) is 1. The molecule has 0 bridgehead atoms. The molecule has 4 rings (SSSR count). The molecule has 0 unspecified atom stereocenters. The third-order valence-corrected chi connectivity index (χ3v) is 4.89. The first-order chi connectivity index (χ1) is 13.0. The van der Waals surface area contributed by atoms with Crippen LogP contribution in [0.25, 0.3) is 10.9 Å². The fraction of sp³-hybridized carbons (Fsp3) is 0.333. The van der Waals surface area contributed by atoms with E-state index < -0.39 is 0 Å². The first-order valence-electron chi connectivity index (χ1n) is 9.23. The summed E-state index contributed by atoms with van der Waals surface area (Å²) in [4.78, 5) is 19.5. The van der Waals surface area contributed by atoms with Crippen molar-refractivity contribution in [2.75, 3.05) is 23.3 Å². The van der Waals surface area contributed by atoms with E-state index in [9.17, 15) is 4.79 Å². The highest BCUT2D eigenvalue weighted by atomic mass is 16.5. The molecule has 1 aromatic carbocycles. The second kappa shape index (κ2) is 7.04. The molecule has 0 spiro atoms. The third kappa shape index (κ3) is 3.53. The lowest BCUT2D eigenvalue weighted by molar-refractivity contribution is -0.00545. The number of amides is 1. The highest BCUT2D eigenvalue weighted by Gasteiger charge is 2.23. The Morgan fingerprint density at radius 3 is 2.59 bits per heavy atom. The number of hydrogen-bond acceptors (Lipinski definition) is 4. The summed E-state index contributed by atoms with van der Waals surface area (Å²) in [6.07, 6.45) is 3.93. The van der Waals surface area contributed by atoms with Crippen molar-refractivity contribution in [2.24, 2.45) is 7.05 Å². The van der Waals surface area contributed by atoms with E-state index in [2.05, 4.69) is 29.0 Å². The SMILES string of the molecule is C[C@H]1CN(c2ccc(NC(=O)c3cn(C)c4ccccc34)cn2)C[C@H](C)O1. The van der Waals surface area contributed by atoms with Crippen LogP contribution in [0.2, 0.25) is 0 Å². The molecule has 1 N–H and O–H groups in total. The fourth-order valence-corrected chi connectivity index (χ4v) is 3.73. The summed E-state index contributed by atoms with van der Waals surface area (Å²) in [5, 5.41) is 3.90. The van der Waals surface area contributed by atoms with Crippen molar-refractivity contribution in [1.82, 2.24) is 9.55 Å². The Labute approximate surface area is 158 Å². The highest BCUT2D eigenvalue weighted by Crippen LogP contribution is 2.23. The third-order valence-electron chi connectivity index (χ3n) is 4.89. The molecule has 6 nitrogen and oxygen atoms in total. The van der Waals surface area contributed by atoms with E-state index in [1.807, 2.05) is 54.2 Å². The lowest BCUT2D eigenvalue weighted by atomic mass is 10.1. The Bertz CT molecular complexity index is 954. The van der Waals surface area contributed by atoms with Gasteiger partial charge in [-0.05, 0) is 32.0 Å². The van der Waals surface area contributed by atoms with E-state index in [0.717, 1.165) is 29.8 Å². The van der Waals surface area contributed by atoms with Crippen molar-refractivity contribution >= 4 is 28.3 Å². The van der Waals surface area contributed by atoms with Gasteiger partial charge in [0.25, 0.3) is 5.91 Å². The quantitative estimate of drug-likeness (QED) is 0.773. The number of carbonyl (C=O) groups excluding carboxylic acids is 1. The Hall–Kier alpha value is -2.86. The first kappa shape index (κ1) is 17.5. The number of aryl methyl sites for hydroxylation is 1. The maximum atomic E-state index is 12.7. The van der Waals surface area contributed by atoms with Crippen LogP contribution in [0.4, 0.5) is 11.5 Å². The monoisotopic (exact) mass is 364 g/mol. The molecule has 0 radical (unpaired) electrons. The molecule has 0 saturated carbocycles. The number of morpholine rings is 1. The number of fused-ring (bicyclic) bond motifs is 1. The normalized spacial score (nSPS) is 20.0. The van der Waals surface area contributed by atoms with E-state index in [1.54, 1.807) is 6.20 Å². The van der Waals surface area contributed by atoms with E-state index >= 15 is 0 Å². The molecule has 1 aliphatic heterocycles. The zero-order valence-corrected chi connectivity index (χ0v) is 15.8. The molecule has 2 atom stereocenters. The number of pyridine rings is 1. The molecule has 1 amide bonds.